The van der Waals surface area contributed by atoms with Crippen LogP contribution in [0.1, 0.15) is 21.7 Å². The van der Waals surface area contributed by atoms with Crippen molar-refractivity contribution in [1.82, 2.24) is 9.80 Å². The third kappa shape index (κ3) is 7.08. The number of rotatable bonds is 13. The van der Waals surface area contributed by atoms with Crippen molar-refractivity contribution in [1.29, 1.82) is 0 Å². The molecule has 2 amide bonds. The normalized spacial score (nSPS) is 10.7. The van der Waals surface area contributed by atoms with E-state index in [9.17, 15) is 14.0 Å². The maximum Gasteiger partial charge on any atom is 0.257 e. The molecule has 192 valence electrons. The Morgan fingerprint density at radius 1 is 0.917 bits per heavy atom. The fourth-order valence-electron chi connectivity index (χ4n) is 3.70. The zero-order valence-electron chi connectivity index (χ0n) is 20.7. The number of amides is 2. The molecule has 3 rings (SSSR count). The van der Waals surface area contributed by atoms with Crippen molar-refractivity contribution < 1.29 is 32.6 Å². The third-order valence-electron chi connectivity index (χ3n) is 5.68. The Labute approximate surface area is 210 Å². The second kappa shape index (κ2) is 13.3. The molecular weight excluding hydrogens is 467 g/mol. The minimum Gasteiger partial charge on any atom is -0.493 e. The maximum absolute atomic E-state index is 14.3. The van der Waals surface area contributed by atoms with Gasteiger partial charge in [-0.1, -0.05) is 18.2 Å². The first kappa shape index (κ1) is 26.7. The molecular formula is C27H31FN2O6. The largest absolute Gasteiger partial charge is 0.493 e. The molecule has 0 bridgehead atoms. The lowest BCUT2D eigenvalue weighted by molar-refractivity contribution is -0.132. The van der Waals surface area contributed by atoms with Crippen LogP contribution in [0.4, 0.5) is 4.39 Å². The second-order valence-electron chi connectivity index (χ2n) is 8.03. The number of nitrogens with zero attached hydrogens (tertiary/aromatic N) is 2. The quantitative estimate of drug-likeness (QED) is 0.357. The fraction of sp³-hybridized carbons (Fsp3) is 0.333. The molecule has 0 spiro atoms. The van der Waals surface area contributed by atoms with Crippen molar-refractivity contribution in [2.75, 3.05) is 47.6 Å². The standard InChI is InChI=1S/C27H31FN2O6/c1-33-16-14-30(27(32)22-8-4-5-9-23(22)28)19-26(31)29(18-21-7-6-15-36-21)13-12-20-10-11-24(34-2)25(17-20)35-3/h4-11,15,17H,12-14,16,18-19H2,1-3H3. The van der Waals surface area contributed by atoms with Gasteiger partial charge in [-0.3, -0.25) is 9.59 Å². The molecule has 2 aromatic carbocycles. The van der Waals surface area contributed by atoms with Crippen molar-refractivity contribution in [2.45, 2.75) is 13.0 Å². The molecule has 0 unspecified atom stereocenters. The van der Waals surface area contributed by atoms with Crippen LogP contribution in [0.3, 0.4) is 0 Å². The maximum atomic E-state index is 14.3. The molecule has 0 saturated carbocycles. The molecule has 9 heteroatoms. The van der Waals surface area contributed by atoms with E-state index in [1.807, 2.05) is 18.2 Å². The Kier molecular flexibility index (Phi) is 9.88. The highest BCUT2D eigenvalue weighted by Crippen LogP contribution is 2.27. The first-order valence-electron chi connectivity index (χ1n) is 11.5. The second-order valence-corrected chi connectivity index (χ2v) is 8.03. The predicted octanol–water partition coefficient (Wildman–Crippen LogP) is 3.80. The highest BCUT2D eigenvalue weighted by molar-refractivity contribution is 5.96. The molecule has 0 aliphatic rings. The van der Waals surface area contributed by atoms with Gasteiger partial charge in [-0.25, -0.2) is 4.39 Å². The summed E-state index contributed by atoms with van der Waals surface area (Å²) in [7, 11) is 4.63. The first-order chi connectivity index (χ1) is 17.5. The Bertz CT molecular complexity index is 1140. The smallest absolute Gasteiger partial charge is 0.257 e. The van der Waals surface area contributed by atoms with Crippen LogP contribution in [0.15, 0.2) is 65.3 Å². The van der Waals surface area contributed by atoms with E-state index in [0.717, 1.165) is 5.56 Å². The first-order valence-corrected chi connectivity index (χ1v) is 11.5. The summed E-state index contributed by atoms with van der Waals surface area (Å²) in [6.07, 6.45) is 2.07. The van der Waals surface area contributed by atoms with Gasteiger partial charge in [0.15, 0.2) is 11.5 Å². The van der Waals surface area contributed by atoms with Crippen LogP contribution in [-0.2, 0) is 22.5 Å². The number of benzene rings is 2. The van der Waals surface area contributed by atoms with Crippen LogP contribution in [-0.4, -0.2) is 69.2 Å². The summed E-state index contributed by atoms with van der Waals surface area (Å²) in [5.41, 5.74) is 0.855. The number of carbonyl (C=O) groups is 2. The van der Waals surface area contributed by atoms with E-state index in [1.165, 1.54) is 30.2 Å². The van der Waals surface area contributed by atoms with E-state index < -0.39 is 11.7 Å². The third-order valence-corrected chi connectivity index (χ3v) is 5.68. The lowest BCUT2D eigenvalue weighted by Gasteiger charge is -2.27. The Morgan fingerprint density at radius 3 is 2.36 bits per heavy atom. The van der Waals surface area contributed by atoms with E-state index in [-0.39, 0.29) is 37.7 Å². The minimum absolute atomic E-state index is 0.0932. The summed E-state index contributed by atoms with van der Waals surface area (Å²) in [5.74, 6) is 0.312. The molecule has 0 radical (unpaired) electrons. The van der Waals surface area contributed by atoms with Crippen LogP contribution in [0.25, 0.3) is 0 Å². The fourth-order valence-corrected chi connectivity index (χ4v) is 3.70. The summed E-state index contributed by atoms with van der Waals surface area (Å²) in [5, 5.41) is 0. The van der Waals surface area contributed by atoms with Crippen LogP contribution in [0.2, 0.25) is 0 Å². The number of halogens is 1. The Morgan fingerprint density at radius 2 is 1.69 bits per heavy atom. The van der Waals surface area contributed by atoms with Gasteiger partial charge < -0.3 is 28.4 Å². The number of carbonyl (C=O) groups excluding carboxylic acids is 2. The summed E-state index contributed by atoms with van der Waals surface area (Å²) < 4.78 is 35.5. The van der Waals surface area contributed by atoms with E-state index in [2.05, 4.69) is 0 Å². The van der Waals surface area contributed by atoms with Gasteiger partial charge in [-0.2, -0.15) is 0 Å². The molecule has 0 aliphatic carbocycles. The lowest BCUT2D eigenvalue weighted by atomic mass is 10.1. The number of methoxy groups -OCH3 is 3. The summed E-state index contributed by atoms with van der Waals surface area (Å²) in [4.78, 5) is 29.4. The summed E-state index contributed by atoms with van der Waals surface area (Å²) >= 11 is 0. The number of hydrogen-bond acceptors (Lipinski definition) is 6. The van der Waals surface area contributed by atoms with Gasteiger partial charge >= 0.3 is 0 Å². The van der Waals surface area contributed by atoms with Gasteiger partial charge in [0.1, 0.15) is 18.1 Å². The monoisotopic (exact) mass is 498 g/mol. The molecule has 8 nitrogen and oxygen atoms in total. The number of furan rings is 1. The molecule has 36 heavy (non-hydrogen) atoms. The van der Waals surface area contributed by atoms with E-state index in [0.29, 0.717) is 30.2 Å². The van der Waals surface area contributed by atoms with Crippen molar-refractivity contribution in [2.24, 2.45) is 0 Å². The van der Waals surface area contributed by atoms with Crippen molar-refractivity contribution >= 4 is 11.8 Å². The van der Waals surface area contributed by atoms with E-state index in [1.54, 1.807) is 43.6 Å². The van der Waals surface area contributed by atoms with Gasteiger partial charge in [0, 0.05) is 20.2 Å². The van der Waals surface area contributed by atoms with Crippen LogP contribution < -0.4 is 9.47 Å². The van der Waals surface area contributed by atoms with Crippen molar-refractivity contribution in [3.05, 3.63) is 83.6 Å². The topological polar surface area (TPSA) is 81.5 Å². The molecule has 0 atom stereocenters. The summed E-state index contributed by atoms with van der Waals surface area (Å²) in [6, 6.07) is 14.8. The average Bonchev–Trinajstić information content (AvgIpc) is 3.41. The van der Waals surface area contributed by atoms with Gasteiger partial charge in [0.2, 0.25) is 5.91 Å². The molecule has 0 fully saturated rings. The molecule has 0 aliphatic heterocycles. The molecule has 0 saturated heterocycles. The van der Waals surface area contributed by atoms with Crippen LogP contribution >= 0.6 is 0 Å². The molecule has 1 heterocycles. The van der Waals surface area contributed by atoms with Crippen LogP contribution in [0, 0.1) is 5.82 Å². The number of hydrogen-bond donors (Lipinski definition) is 0. The van der Waals surface area contributed by atoms with Gasteiger partial charge in [-0.05, 0) is 48.4 Å². The van der Waals surface area contributed by atoms with Crippen molar-refractivity contribution in [3.8, 4) is 11.5 Å². The zero-order chi connectivity index (χ0) is 25.9. The predicted molar refractivity (Wildman–Crippen MR) is 132 cm³/mol. The number of ether oxygens (including phenoxy) is 3. The van der Waals surface area contributed by atoms with Gasteiger partial charge in [0.25, 0.3) is 5.91 Å². The van der Waals surface area contributed by atoms with Gasteiger partial charge in [0.05, 0.1) is 39.2 Å². The summed E-state index contributed by atoms with van der Waals surface area (Å²) in [6.45, 7) is 0.701. The Hall–Kier alpha value is -3.85. The van der Waals surface area contributed by atoms with Gasteiger partial charge in [-0.15, -0.1) is 0 Å². The Balaban J connectivity index is 1.78. The van der Waals surface area contributed by atoms with Crippen molar-refractivity contribution in [3.63, 3.8) is 0 Å². The van der Waals surface area contributed by atoms with E-state index >= 15 is 0 Å². The molecule has 1 aromatic heterocycles. The highest BCUT2D eigenvalue weighted by Gasteiger charge is 2.24. The SMILES string of the molecule is COCCN(CC(=O)N(CCc1ccc(OC)c(OC)c1)Cc1ccco1)C(=O)c1ccccc1F. The van der Waals surface area contributed by atoms with E-state index in [4.69, 9.17) is 18.6 Å². The minimum atomic E-state index is -0.640. The molecule has 3 aromatic rings. The zero-order valence-corrected chi connectivity index (χ0v) is 20.7. The molecule has 0 N–H and O–H groups in total. The van der Waals surface area contributed by atoms with Crippen LogP contribution in [0.5, 0.6) is 11.5 Å². The highest BCUT2D eigenvalue weighted by atomic mass is 19.1. The average molecular weight is 499 g/mol. The lowest BCUT2D eigenvalue weighted by Crippen LogP contribution is -2.44.